The minimum Gasteiger partial charge on any atom is -0.434 e. The third-order valence-corrected chi connectivity index (χ3v) is 12.3. The fraction of sp³-hybridized carbons (Fsp3) is 0.289. The Labute approximate surface area is 361 Å². The minimum atomic E-state index is -5.63. The Morgan fingerprint density at radius 1 is 0.841 bits per heavy atom. The number of rotatable bonds is 18. The van der Waals surface area contributed by atoms with E-state index in [-0.39, 0.29) is 30.4 Å². The van der Waals surface area contributed by atoms with Crippen molar-refractivity contribution in [3.05, 3.63) is 143 Å². The van der Waals surface area contributed by atoms with Gasteiger partial charge in [-0.2, -0.15) is 8.78 Å². The molecule has 4 N–H and O–H groups in total. The first-order valence-corrected chi connectivity index (χ1v) is 21.5. The molecule has 63 heavy (non-hydrogen) atoms. The Kier molecular flexibility index (Phi) is 14.7. The highest BCUT2D eigenvalue weighted by atomic mass is 31.2. The van der Waals surface area contributed by atoms with Gasteiger partial charge in [-0.25, -0.2) is 9.59 Å². The first-order chi connectivity index (χ1) is 30.1. The van der Waals surface area contributed by atoms with E-state index in [1.807, 2.05) is 18.2 Å². The van der Waals surface area contributed by atoms with E-state index in [0.717, 1.165) is 23.3 Å². The van der Waals surface area contributed by atoms with Crippen molar-refractivity contribution in [3.8, 4) is 0 Å². The average Bonchev–Trinajstić information content (AvgIpc) is 3.62. The van der Waals surface area contributed by atoms with Crippen LogP contribution >= 0.6 is 7.60 Å². The van der Waals surface area contributed by atoms with Crippen LogP contribution in [-0.2, 0) is 60.8 Å². The predicted molar refractivity (Wildman–Crippen MR) is 225 cm³/mol. The van der Waals surface area contributed by atoms with Crippen LogP contribution < -0.4 is 21.3 Å². The Bertz CT molecular complexity index is 2370. The predicted octanol–water partition coefficient (Wildman–Crippen LogP) is 6.15. The molecule has 3 atom stereocenters. The molecule has 0 saturated heterocycles. The number of primary amides is 1. The molecule has 0 fully saturated rings. The Morgan fingerprint density at radius 3 is 1.98 bits per heavy atom. The largest absolute Gasteiger partial charge is 0.434 e. The maximum Gasteiger partial charge on any atom is 0.410 e. The second-order valence-corrected chi connectivity index (χ2v) is 17.0. The normalized spacial score (nSPS) is 16.6. The molecule has 6 rings (SSSR count). The molecule has 330 valence electrons. The monoisotopic (exact) mass is 886 g/mol. The summed E-state index contributed by atoms with van der Waals surface area (Å²) in [6.45, 7) is 0.869. The molecule has 4 amide bonds. The van der Waals surface area contributed by atoms with Gasteiger partial charge in [0.05, 0.1) is 16.8 Å². The smallest absolute Gasteiger partial charge is 0.410 e. The number of carbonyl (C=O) groups is 6. The summed E-state index contributed by atoms with van der Waals surface area (Å²) >= 11 is 0. The number of nitrogens with two attached hydrogens (primary N) is 1. The number of aryl methyl sites for hydroxylation is 1. The number of nitrogens with zero attached hydrogens (tertiary/aromatic N) is 1. The van der Waals surface area contributed by atoms with E-state index in [1.54, 1.807) is 50.2 Å². The van der Waals surface area contributed by atoms with Gasteiger partial charge in [-0.3, -0.25) is 37.7 Å². The van der Waals surface area contributed by atoms with Crippen LogP contribution in [0.25, 0.3) is 5.57 Å². The zero-order valence-corrected chi connectivity index (χ0v) is 35.2. The number of carbonyl (C=O) groups excluding carboxylic acids is 6. The molecule has 0 saturated carbocycles. The molecule has 2 heterocycles. The number of para-hydroxylation sites is 1. The summed E-state index contributed by atoms with van der Waals surface area (Å²) < 4.78 is 66.0. The third-order valence-electron chi connectivity index (χ3n) is 10.5. The number of allylic oxidation sites excluding steroid dienone is 1. The summed E-state index contributed by atoms with van der Waals surface area (Å²) in [4.78, 5) is 78.6. The number of hydrogen-bond donors (Lipinski definition) is 3. The number of nitrogens with one attached hydrogen (secondary N) is 2. The van der Waals surface area contributed by atoms with Crippen molar-refractivity contribution in [3.63, 3.8) is 0 Å². The highest BCUT2D eigenvalue weighted by Crippen LogP contribution is 2.67. The molecule has 4 aromatic carbocycles. The van der Waals surface area contributed by atoms with Crippen LogP contribution in [-0.4, -0.2) is 67.3 Å². The van der Waals surface area contributed by atoms with E-state index in [9.17, 15) is 33.3 Å². The maximum atomic E-state index is 16.2. The molecule has 0 radical (unpaired) electrons. The number of alkyl halides is 2. The zero-order valence-electron chi connectivity index (χ0n) is 34.3. The molecule has 0 unspecified atom stereocenters. The van der Waals surface area contributed by atoms with Gasteiger partial charge in [0.15, 0.2) is 0 Å². The van der Waals surface area contributed by atoms with E-state index < -0.39 is 86.1 Å². The lowest BCUT2D eigenvalue weighted by Gasteiger charge is -2.28. The van der Waals surface area contributed by atoms with Crippen molar-refractivity contribution in [2.24, 2.45) is 5.73 Å². The van der Waals surface area contributed by atoms with E-state index in [4.69, 9.17) is 24.3 Å². The van der Waals surface area contributed by atoms with Crippen molar-refractivity contribution in [2.75, 3.05) is 18.5 Å². The third kappa shape index (κ3) is 10.9. The van der Waals surface area contributed by atoms with Crippen LogP contribution in [0.5, 0.6) is 0 Å². The van der Waals surface area contributed by atoms with E-state index in [1.165, 1.54) is 47.4 Å². The number of hydrogen-bond acceptors (Lipinski definition) is 11. The number of amides is 4. The zero-order chi connectivity index (χ0) is 45.3. The molecule has 4 aromatic rings. The second kappa shape index (κ2) is 20.1. The first kappa shape index (κ1) is 46.0. The molecule has 0 aromatic heterocycles. The van der Waals surface area contributed by atoms with Gasteiger partial charge in [-0.05, 0) is 79.6 Å². The lowest BCUT2D eigenvalue weighted by molar-refractivity contribution is -0.128. The van der Waals surface area contributed by atoms with Gasteiger partial charge in [0.1, 0.15) is 12.1 Å². The first-order valence-electron chi connectivity index (χ1n) is 19.9. The van der Waals surface area contributed by atoms with Gasteiger partial charge in [0.2, 0.25) is 37.2 Å². The number of esters is 2. The topological polar surface area (TPSA) is 210 Å². The summed E-state index contributed by atoms with van der Waals surface area (Å²) in [6, 6.07) is 22.7. The van der Waals surface area contributed by atoms with Crippen molar-refractivity contribution >= 4 is 54.4 Å². The number of benzene rings is 4. The van der Waals surface area contributed by atoms with Crippen LogP contribution in [0.1, 0.15) is 76.1 Å². The van der Waals surface area contributed by atoms with Crippen LogP contribution in [0.3, 0.4) is 0 Å². The average molecular weight is 887 g/mol. The highest BCUT2D eigenvalue weighted by Gasteiger charge is 2.56. The molecule has 0 spiro atoms. The number of anilines is 1. The molecule has 15 nitrogen and oxygen atoms in total. The summed E-state index contributed by atoms with van der Waals surface area (Å²) in [7, 11) is -5.63. The van der Waals surface area contributed by atoms with Crippen LogP contribution in [0, 0.1) is 0 Å². The molecular weight excluding hydrogens is 841 g/mol. The van der Waals surface area contributed by atoms with E-state index in [0.29, 0.717) is 29.7 Å². The summed E-state index contributed by atoms with van der Waals surface area (Å²) in [6.07, 6.45) is 2.52. The SMILES string of the molecule is C/C(=C\C(=O)N[C@H]1CCc2cccc3c2N(C1=O)[C@H](C(=O)N[C@H](C)CCC(N)=O)C3)c1ccc(C(F)(F)P(=O)(OCOC(=O)c2ccccc2)OCOC(=O)c2ccccc2)cc1. The van der Waals surface area contributed by atoms with Crippen molar-refractivity contribution in [2.45, 2.75) is 69.7 Å². The van der Waals surface area contributed by atoms with Crippen molar-refractivity contribution in [1.82, 2.24) is 10.6 Å². The van der Waals surface area contributed by atoms with Crippen molar-refractivity contribution in [1.29, 1.82) is 0 Å². The fourth-order valence-electron chi connectivity index (χ4n) is 7.14. The molecular formula is C45H45F2N4O11P. The molecule has 2 aliphatic heterocycles. The Balaban J connectivity index is 1.14. The van der Waals surface area contributed by atoms with Crippen molar-refractivity contribution < 1.29 is 60.6 Å². The standard InChI is InChI=1S/C45H45F2N4O11P/c1-28(24-39(53)50-36-22-19-31-14-9-15-34-25-37(51(40(31)34)42(36)55)41(54)49-29(2)16-23-38(48)52)30-17-20-35(21-18-30)45(46,47)63(58,61-26-59-43(56)32-10-5-3-6-11-32)62-27-60-44(57)33-12-7-4-8-13-33/h3-15,17-18,20-21,24,29,36-37H,16,19,22-23,25-27H2,1-2H3,(H2,48,52)(H,49,54)(H,50,53)/b28-24+/t29-,36+,37+/m1/s1. The van der Waals surface area contributed by atoms with Gasteiger partial charge < -0.3 is 25.8 Å². The number of halogens is 2. The highest BCUT2D eigenvalue weighted by molar-refractivity contribution is 7.54. The van der Waals surface area contributed by atoms with Crippen LogP contribution in [0.4, 0.5) is 14.5 Å². The van der Waals surface area contributed by atoms with E-state index >= 15 is 8.78 Å². The maximum absolute atomic E-state index is 16.2. The molecule has 0 aliphatic carbocycles. The lowest BCUT2D eigenvalue weighted by atomic mass is 10.0. The molecule has 0 bridgehead atoms. The quantitative estimate of drug-likeness (QED) is 0.0446. The number of ether oxygens (including phenoxy) is 2. The lowest BCUT2D eigenvalue weighted by Crippen LogP contribution is -2.55. The van der Waals surface area contributed by atoms with Gasteiger partial charge in [-0.1, -0.05) is 78.9 Å². The van der Waals surface area contributed by atoms with Crippen LogP contribution in [0.15, 0.2) is 109 Å². The van der Waals surface area contributed by atoms with Gasteiger partial charge >= 0.3 is 25.2 Å². The summed E-state index contributed by atoms with van der Waals surface area (Å²) in [5.74, 6) is -3.95. The summed E-state index contributed by atoms with van der Waals surface area (Å²) in [5, 5.41) is 5.61. The Hall–Kier alpha value is -6.55. The van der Waals surface area contributed by atoms with E-state index in [2.05, 4.69) is 10.6 Å². The fourth-order valence-corrected chi connectivity index (χ4v) is 8.39. The molecule has 18 heteroatoms. The minimum absolute atomic E-state index is 0.0727. The second-order valence-electron chi connectivity index (χ2n) is 14.9. The molecule has 2 aliphatic rings. The van der Waals surface area contributed by atoms with Gasteiger partial charge in [0, 0.05) is 30.5 Å². The van der Waals surface area contributed by atoms with Gasteiger partial charge in [-0.15, -0.1) is 0 Å². The Morgan fingerprint density at radius 2 is 1.41 bits per heavy atom. The summed E-state index contributed by atoms with van der Waals surface area (Å²) in [5.41, 5.74) is 3.10. The van der Waals surface area contributed by atoms with Crippen LogP contribution in [0.2, 0.25) is 0 Å². The van der Waals surface area contributed by atoms with Gasteiger partial charge in [0.25, 0.3) is 0 Å².